The van der Waals surface area contributed by atoms with E-state index in [4.69, 9.17) is 15.3 Å². The fraction of sp³-hybridized carbons (Fsp3) is 0.500. The Morgan fingerprint density at radius 2 is 1.65 bits per heavy atom. The predicted molar refractivity (Wildman–Crippen MR) is 86.1 cm³/mol. The molecule has 2 rings (SSSR count). The Morgan fingerprint density at radius 3 is 2.04 bits per heavy atom. The maximum atomic E-state index is 10.6. The van der Waals surface area contributed by atoms with Crippen molar-refractivity contribution in [2.45, 2.75) is 20.0 Å². The second kappa shape index (κ2) is 9.24. The van der Waals surface area contributed by atoms with E-state index in [1.165, 1.54) is 25.1 Å². The average Bonchev–Trinajstić information content (AvgIpc) is 2.48. The number of nitrogens with one attached hydrogen (secondary N) is 1. The summed E-state index contributed by atoms with van der Waals surface area (Å²) in [6.07, 6.45) is -0.182. The standard InChI is InChI=1S/C9H8O4.C7H16N2O/c1-5-6(8(10)11)3-2-4-7(5)9(12)13;1-7(10)6-9-4-2-8-3-5-9/h2-4H,1H3,(H,10,11)(H,12,13);7-8,10H,2-6H2,1H3. The molecule has 1 aromatic rings. The quantitative estimate of drug-likeness (QED) is 0.644. The second-order valence-corrected chi connectivity index (χ2v) is 5.49. The van der Waals surface area contributed by atoms with Crippen LogP contribution < -0.4 is 5.32 Å². The summed E-state index contributed by atoms with van der Waals surface area (Å²) < 4.78 is 0. The molecule has 1 fully saturated rings. The lowest BCUT2D eigenvalue weighted by atomic mass is 10.0. The fourth-order valence-corrected chi connectivity index (χ4v) is 2.37. The molecule has 1 atom stereocenters. The van der Waals surface area contributed by atoms with Crippen LogP contribution in [-0.2, 0) is 0 Å². The van der Waals surface area contributed by atoms with Crippen molar-refractivity contribution in [3.8, 4) is 0 Å². The SMILES string of the molecule is CC(O)CN1CCNCC1.Cc1c(C(=O)O)cccc1C(=O)O. The molecule has 1 unspecified atom stereocenters. The summed E-state index contributed by atoms with van der Waals surface area (Å²) in [5.41, 5.74) is 0.335. The van der Waals surface area contributed by atoms with Gasteiger partial charge in [-0.2, -0.15) is 0 Å². The Bertz CT molecular complexity index is 507. The van der Waals surface area contributed by atoms with Crippen LogP contribution in [0.3, 0.4) is 0 Å². The fourth-order valence-electron chi connectivity index (χ4n) is 2.37. The molecular weight excluding hydrogens is 300 g/mol. The molecule has 1 saturated heterocycles. The Morgan fingerprint density at radius 1 is 1.17 bits per heavy atom. The van der Waals surface area contributed by atoms with Crippen LogP contribution in [0.4, 0.5) is 0 Å². The third-order valence-electron chi connectivity index (χ3n) is 3.53. The van der Waals surface area contributed by atoms with Crippen molar-refractivity contribution < 1.29 is 24.9 Å². The molecule has 1 heterocycles. The molecule has 128 valence electrons. The normalized spacial score (nSPS) is 16.1. The highest BCUT2D eigenvalue weighted by atomic mass is 16.4. The first-order chi connectivity index (χ1) is 10.8. The van der Waals surface area contributed by atoms with Gasteiger partial charge in [0.15, 0.2) is 0 Å². The molecule has 0 radical (unpaired) electrons. The van der Waals surface area contributed by atoms with Gasteiger partial charge in [0.1, 0.15) is 0 Å². The summed E-state index contributed by atoms with van der Waals surface area (Å²) >= 11 is 0. The molecule has 0 spiro atoms. The molecule has 0 aromatic heterocycles. The van der Waals surface area contributed by atoms with Crippen LogP contribution in [0.5, 0.6) is 0 Å². The van der Waals surface area contributed by atoms with Crippen molar-refractivity contribution in [1.29, 1.82) is 0 Å². The number of aliphatic hydroxyl groups is 1. The van der Waals surface area contributed by atoms with Crippen molar-refractivity contribution in [1.82, 2.24) is 10.2 Å². The van der Waals surface area contributed by atoms with Crippen LogP contribution in [0.1, 0.15) is 33.2 Å². The van der Waals surface area contributed by atoms with Gasteiger partial charge in [-0.3, -0.25) is 4.90 Å². The molecule has 4 N–H and O–H groups in total. The number of nitrogens with zero attached hydrogens (tertiary/aromatic N) is 1. The minimum absolute atomic E-state index is 0.0277. The zero-order valence-electron chi connectivity index (χ0n) is 13.5. The zero-order chi connectivity index (χ0) is 17.4. The van der Waals surface area contributed by atoms with Gasteiger partial charge in [0.05, 0.1) is 17.2 Å². The number of aliphatic hydroxyl groups excluding tert-OH is 1. The molecular formula is C16H24N2O5. The summed E-state index contributed by atoms with van der Waals surface area (Å²) in [4.78, 5) is 23.5. The van der Waals surface area contributed by atoms with E-state index in [0.717, 1.165) is 32.7 Å². The highest BCUT2D eigenvalue weighted by Gasteiger charge is 2.13. The number of aromatic carboxylic acids is 2. The van der Waals surface area contributed by atoms with Gasteiger partial charge in [-0.25, -0.2) is 9.59 Å². The number of β-amino-alcohol motifs (C(OH)–C–C–N with tert-alkyl or cyclic N) is 1. The minimum atomic E-state index is -1.11. The third-order valence-corrected chi connectivity index (χ3v) is 3.53. The number of hydrogen-bond donors (Lipinski definition) is 4. The van der Waals surface area contributed by atoms with E-state index >= 15 is 0 Å². The van der Waals surface area contributed by atoms with Gasteiger partial charge in [0.2, 0.25) is 0 Å². The number of carboxylic acid groups (broad SMARTS) is 2. The van der Waals surface area contributed by atoms with E-state index in [0.29, 0.717) is 0 Å². The number of carboxylic acids is 2. The summed E-state index contributed by atoms with van der Waals surface area (Å²) in [6, 6.07) is 4.17. The van der Waals surface area contributed by atoms with E-state index in [2.05, 4.69) is 10.2 Å². The number of piperazine rings is 1. The first-order valence-corrected chi connectivity index (χ1v) is 7.50. The van der Waals surface area contributed by atoms with Crippen LogP contribution >= 0.6 is 0 Å². The molecule has 7 heteroatoms. The summed E-state index contributed by atoms with van der Waals surface area (Å²) in [5.74, 6) is -2.22. The van der Waals surface area contributed by atoms with Crippen molar-refractivity contribution in [2.24, 2.45) is 0 Å². The highest BCUT2D eigenvalue weighted by molar-refractivity contribution is 5.96. The van der Waals surface area contributed by atoms with Gasteiger partial charge >= 0.3 is 11.9 Å². The Kier molecular flexibility index (Phi) is 7.67. The number of benzene rings is 1. The zero-order valence-corrected chi connectivity index (χ0v) is 13.5. The highest BCUT2D eigenvalue weighted by Crippen LogP contribution is 2.13. The van der Waals surface area contributed by atoms with Crippen molar-refractivity contribution in [3.63, 3.8) is 0 Å². The first-order valence-electron chi connectivity index (χ1n) is 7.50. The topological polar surface area (TPSA) is 110 Å². The Balaban J connectivity index is 0.000000238. The molecule has 1 aliphatic rings. The molecule has 1 aliphatic heterocycles. The molecule has 7 nitrogen and oxygen atoms in total. The van der Waals surface area contributed by atoms with Crippen LogP contribution in [0.25, 0.3) is 0 Å². The lowest BCUT2D eigenvalue weighted by molar-refractivity contribution is 0.0696. The molecule has 0 aliphatic carbocycles. The molecule has 0 bridgehead atoms. The summed E-state index contributed by atoms with van der Waals surface area (Å²) in [7, 11) is 0. The number of rotatable bonds is 4. The van der Waals surface area contributed by atoms with E-state index in [9.17, 15) is 9.59 Å². The lowest BCUT2D eigenvalue weighted by Gasteiger charge is -2.27. The van der Waals surface area contributed by atoms with Gasteiger partial charge < -0.3 is 20.6 Å². The average molecular weight is 324 g/mol. The third kappa shape index (κ3) is 6.35. The van der Waals surface area contributed by atoms with Crippen molar-refractivity contribution >= 4 is 11.9 Å². The number of hydrogen-bond acceptors (Lipinski definition) is 5. The van der Waals surface area contributed by atoms with Crippen LogP contribution in [0.2, 0.25) is 0 Å². The van der Waals surface area contributed by atoms with E-state index in [-0.39, 0.29) is 22.8 Å². The van der Waals surface area contributed by atoms with Gasteiger partial charge in [0, 0.05) is 32.7 Å². The maximum Gasteiger partial charge on any atom is 0.335 e. The predicted octanol–water partition coefficient (Wildman–Crippen LogP) is 0.664. The van der Waals surface area contributed by atoms with Crippen LogP contribution in [0.15, 0.2) is 18.2 Å². The van der Waals surface area contributed by atoms with E-state index < -0.39 is 11.9 Å². The largest absolute Gasteiger partial charge is 0.478 e. The minimum Gasteiger partial charge on any atom is -0.478 e. The van der Waals surface area contributed by atoms with Crippen molar-refractivity contribution in [2.75, 3.05) is 32.7 Å². The monoisotopic (exact) mass is 324 g/mol. The van der Waals surface area contributed by atoms with Gasteiger partial charge in [-0.15, -0.1) is 0 Å². The summed E-state index contributed by atoms with van der Waals surface area (Å²) in [5, 5.41) is 29.7. The number of carbonyl (C=O) groups is 2. The lowest BCUT2D eigenvalue weighted by Crippen LogP contribution is -2.45. The second-order valence-electron chi connectivity index (χ2n) is 5.49. The van der Waals surface area contributed by atoms with Crippen LogP contribution in [0, 0.1) is 6.92 Å². The first kappa shape index (κ1) is 19.1. The van der Waals surface area contributed by atoms with E-state index in [1.54, 1.807) is 0 Å². The molecule has 0 saturated carbocycles. The van der Waals surface area contributed by atoms with E-state index in [1.807, 2.05) is 6.92 Å². The van der Waals surface area contributed by atoms with Crippen LogP contribution in [-0.4, -0.2) is 71.0 Å². The Labute approximate surface area is 135 Å². The van der Waals surface area contributed by atoms with Crippen molar-refractivity contribution in [3.05, 3.63) is 34.9 Å². The summed E-state index contributed by atoms with van der Waals surface area (Å²) in [6.45, 7) is 8.41. The van der Waals surface area contributed by atoms with Gasteiger partial charge in [-0.05, 0) is 31.5 Å². The van der Waals surface area contributed by atoms with Gasteiger partial charge in [0.25, 0.3) is 0 Å². The van der Waals surface area contributed by atoms with Gasteiger partial charge in [-0.1, -0.05) is 6.07 Å². The molecule has 0 amide bonds. The Hall–Kier alpha value is -1.96. The maximum absolute atomic E-state index is 10.6. The smallest absolute Gasteiger partial charge is 0.335 e. The molecule has 1 aromatic carbocycles. The molecule has 23 heavy (non-hydrogen) atoms.